The molecule has 0 heterocycles. The number of anilines is 1. The number of nitrogens with one attached hydrogen (secondary N) is 2. The third-order valence-corrected chi connectivity index (χ3v) is 3.05. The van der Waals surface area contributed by atoms with Crippen molar-refractivity contribution in [3.8, 4) is 0 Å². The van der Waals surface area contributed by atoms with Gasteiger partial charge in [-0.2, -0.15) is 0 Å². The Morgan fingerprint density at radius 3 is 2.50 bits per heavy atom. The first-order chi connectivity index (χ1) is 10.2. The van der Waals surface area contributed by atoms with Gasteiger partial charge in [-0.25, -0.2) is 4.39 Å². The van der Waals surface area contributed by atoms with Crippen LogP contribution in [-0.4, -0.2) is 18.4 Å². The van der Waals surface area contributed by atoms with E-state index in [1.165, 1.54) is 18.2 Å². The number of halogens is 1. The van der Waals surface area contributed by atoms with Crippen molar-refractivity contribution in [2.75, 3.05) is 11.9 Å². The molecule has 2 amide bonds. The van der Waals surface area contributed by atoms with Crippen molar-refractivity contribution in [1.29, 1.82) is 0 Å². The van der Waals surface area contributed by atoms with Gasteiger partial charge in [-0.15, -0.1) is 0 Å². The first-order valence-electron chi connectivity index (χ1n) is 7.48. The van der Waals surface area contributed by atoms with E-state index in [1.807, 2.05) is 6.92 Å². The molecule has 4 nitrogen and oxygen atoms in total. The second-order valence-corrected chi connectivity index (χ2v) is 6.91. The van der Waals surface area contributed by atoms with E-state index >= 15 is 0 Å². The van der Waals surface area contributed by atoms with E-state index in [-0.39, 0.29) is 29.7 Å². The Balaban J connectivity index is 2.33. The standard InChI is InChI=1S/C17H25FN2O2/c1-12(10-17(2,3)4)8-15(21)19-11-16(22)20-14-7-5-6-13(18)9-14/h5-7,9,12H,8,10-11H2,1-4H3,(H,19,21)(H,20,22)/t12-/m1/s1. The fraction of sp³-hybridized carbons (Fsp3) is 0.529. The van der Waals surface area contributed by atoms with Crippen molar-refractivity contribution in [1.82, 2.24) is 5.32 Å². The molecule has 1 aromatic rings. The lowest BCUT2D eigenvalue weighted by Gasteiger charge is -2.22. The summed E-state index contributed by atoms with van der Waals surface area (Å²) in [6.45, 7) is 8.31. The van der Waals surface area contributed by atoms with E-state index in [2.05, 4.69) is 31.4 Å². The number of amides is 2. The van der Waals surface area contributed by atoms with Gasteiger partial charge >= 0.3 is 0 Å². The predicted molar refractivity (Wildman–Crippen MR) is 85.9 cm³/mol. The molecule has 0 fully saturated rings. The zero-order chi connectivity index (χ0) is 16.8. The zero-order valence-corrected chi connectivity index (χ0v) is 13.7. The van der Waals surface area contributed by atoms with E-state index in [1.54, 1.807) is 6.07 Å². The van der Waals surface area contributed by atoms with Gasteiger partial charge in [0.1, 0.15) is 5.82 Å². The molecule has 5 heteroatoms. The van der Waals surface area contributed by atoms with Crippen LogP contribution in [0.1, 0.15) is 40.5 Å². The van der Waals surface area contributed by atoms with Crippen LogP contribution in [0.4, 0.5) is 10.1 Å². The van der Waals surface area contributed by atoms with Crippen LogP contribution in [0, 0.1) is 17.2 Å². The van der Waals surface area contributed by atoms with E-state index in [0.29, 0.717) is 12.1 Å². The van der Waals surface area contributed by atoms with Crippen molar-refractivity contribution < 1.29 is 14.0 Å². The van der Waals surface area contributed by atoms with Crippen LogP contribution in [0.5, 0.6) is 0 Å². The number of benzene rings is 1. The topological polar surface area (TPSA) is 58.2 Å². The van der Waals surface area contributed by atoms with Crippen molar-refractivity contribution in [3.63, 3.8) is 0 Å². The quantitative estimate of drug-likeness (QED) is 0.847. The van der Waals surface area contributed by atoms with Gasteiger partial charge in [-0.3, -0.25) is 9.59 Å². The van der Waals surface area contributed by atoms with Gasteiger partial charge in [0.05, 0.1) is 6.54 Å². The van der Waals surface area contributed by atoms with Crippen molar-refractivity contribution in [2.45, 2.75) is 40.5 Å². The summed E-state index contributed by atoms with van der Waals surface area (Å²) in [5, 5.41) is 5.13. The molecular formula is C17H25FN2O2. The summed E-state index contributed by atoms with van der Waals surface area (Å²) >= 11 is 0. The number of hydrogen-bond acceptors (Lipinski definition) is 2. The molecule has 0 aromatic heterocycles. The SMILES string of the molecule is C[C@H](CC(=O)NCC(=O)Nc1cccc(F)c1)CC(C)(C)C. The van der Waals surface area contributed by atoms with Gasteiger partial charge in [0, 0.05) is 12.1 Å². The Morgan fingerprint density at radius 1 is 1.23 bits per heavy atom. The highest BCUT2D eigenvalue weighted by atomic mass is 19.1. The molecule has 122 valence electrons. The molecule has 1 aromatic carbocycles. The number of rotatable bonds is 6. The lowest BCUT2D eigenvalue weighted by atomic mass is 9.84. The molecule has 0 unspecified atom stereocenters. The third-order valence-electron chi connectivity index (χ3n) is 3.05. The average molecular weight is 308 g/mol. The maximum Gasteiger partial charge on any atom is 0.243 e. The smallest absolute Gasteiger partial charge is 0.243 e. The van der Waals surface area contributed by atoms with Crippen molar-refractivity contribution >= 4 is 17.5 Å². The van der Waals surface area contributed by atoms with Crippen LogP contribution in [0.15, 0.2) is 24.3 Å². The predicted octanol–water partition coefficient (Wildman–Crippen LogP) is 3.34. The van der Waals surface area contributed by atoms with Crippen LogP contribution in [-0.2, 0) is 9.59 Å². The number of hydrogen-bond donors (Lipinski definition) is 2. The zero-order valence-electron chi connectivity index (χ0n) is 13.7. The molecule has 0 saturated carbocycles. The molecule has 0 aliphatic heterocycles. The second kappa shape index (κ2) is 7.92. The first-order valence-corrected chi connectivity index (χ1v) is 7.48. The van der Waals surface area contributed by atoms with E-state index in [0.717, 1.165) is 6.42 Å². The molecule has 0 aliphatic rings. The lowest BCUT2D eigenvalue weighted by Crippen LogP contribution is -2.33. The van der Waals surface area contributed by atoms with Gasteiger partial charge in [0.2, 0.25) is 11.8 Å². The minimum absolute atomic E-state index is 0.114. The van der Waals surface area contributed by atoms with Gasteiger partial charge in [0.25, 0.3) is 0 Å². The summed E-state index contributed by atoms with van der Waals surface area (Å²) in [5.41, 5.74) is 0.550. The maximum atomic E-state index is 13.0. The summed E-state index contributed by atoms with van der Waals surface area (Å²) in [4.78, 5) is 23.5. The summed E-state index contributed by atoms with van der Waals surface area (Å²) in [5.74, 6) is -0.683. The van der Waals surface area contributed by atoms with Crippen LogP contribution in [0.3, 0.4) is 0 Å². The van der Waals surface area contributed by atoms with Gasteiger partial charge in [-0.1, -0.05) is 33.8 Å². The molecule has 0 bridgehead atoms. The van der Waals surface area contributed by atoms with Gasteiger partial charge in [0.15, 0.2) is 0 Å². The highest BCUT2D eigenvalue weighted by Crippen LogP contribution is 2.25. The van der Waals surface area contributed by atoms with Crippen molar-refractivity contribution in [3.05, 3.63) is 30.1 Å². The monoisotopic (exact) mass is 308 g/mol. The summed E-state index contributed by atoms with van der Waals surface area (Å²) in [6.07, 6.45) is 1.33. The molecule has 0 saturated heterocycles. The molecule has 2 N–H and O–H groups in total. The molecular weight excluding hydrogens is 283 g/mol. The number of carbonyl (C=O) groups excluding carboxylic acids is 2. The molecule has 1 rings (SSSR count). The van der Waals surface area contributed by atoms with Crippen LogP contribution in [0.25, 0.3) is 0 Å². The van der Waals surface area contributed by atoms with Crippen LogP contribution < -0.4 is 10.6 Å². The Bertz CT molecular complexity index is 524. The number of carbonyl (C=O) groups is 2. The molecule has 1 atom stereocenters. The minimum atomic E-state index is -0.419. The van der Waals surface area contributed by atoms with E-state index in [9.17, 15) is 14.0 Å². The third kappa shape index (κ3) is 7.76. The fourth-order valence-electron chi connectivity index (χ4n) is 2.46. The first kappa shape index (κ1) is 18.1. The fourth-order valence-corrected chi connectivity index (χ4v) is 2.46. The summed E-state index contributed by atoms with van der Waals surface area (Å²) in [7, 11) is 0. The summed E-state index contributed by atoms with van der Waals surface area (Å²) in [6, 6.07) is 5.63. The maximum absolute atomic E-state index is 13.0. The van der Waals surface area contributed by atoms with Crippen molar-refractivity contribution in [2.24, 2.45) is 11.3 Å². The van der Waals surface area contributed by atoms with Crippen LogP contribution in [0.2, 0.25) is 0 Å². The van der Waals surface area contributed by atoms with Gasteiger partial charge in [-0.05, 0) is 36.0 Å². The Labute approximate surface area is 131 Å². The lowest BCUT2D eigenvalue weighted by molar-refractivity contribution is -0.124. The summed E-state index contributed by atoms with van der Waals surface area (Å²) < 4.78 is 13.0. The average Bonchev–Trinajstić information content (AvgIpc) is 2.34. The second-order valence-electron chi connectivity index (χ2n) is 6.91. The Hall–Kier alpha value is -1.91. The normalized spacial score (nSPS) is 12.6. The largest absolute Gasteiger partial charge is 0.347 e. The van der Waals surface area contributed by atoms with E-state index < -0.39 is 5.82 Å². The molecule has 22 heavy (non-hydrogen) atoms. The molecule has 0 aliphatic carbocycles. The minimum Gasteiger partial charge on any atom is -0.347 e. The van der Waals surface area contributed by atoms with Gasteiger partial charge < -0.3 is 10.6 Å². The highest BCUT2D eigenvalue weighted by molar-refractivity contribution is 5.94. The van der Waals surface area contributed by atoms with E-state index in [4.69, 9.17) is 0 Å². The Morgan fingerprint density at radius 2 is 1.91 bits per heavy atom. The Kier molecular flexibility index (Phi) is 6.53. The van der Waals surface area contributed by atoms with Crippen LogP contribution >= 0.6 is 0 Å². The highest BCUT2D eigenvalue weighted by Gasteiger charge is 2.18. The molecule has 0 radical (unpaired) electrons. The molecule has 0 spiro atoms.